The van der Waals surface area contributed by atoms with Crippen LogP contribution >= 0.6 is 11.6 Å². The monoisotopic (exact) mass is 422 g/mol. The Morgan fingerprint density at radius 2 is 1.90 bits per heavy atom. The topological polar surface area (TPSA) is 137 Å². The number of nitrogens with zero attached hydrogens (tertiary/aromatic N) is 6. The maximum absolute atomic E-state index is 12.8. The zero-order valence-corrected chi connectivity index (χ0v) is 16.4. The molecule has 2 heterocycles. The van der Waals surface area contributed by atoms with E-state index in [4.69, 9.17) is 17.3 Å². The number of hydrogen-bond donors (Lipinski definition) is 2. The zero-order valence-electron chi connectivity index (χ0n) is 15.7. The van der Waals surface area contributed by atoms with Crippen molar-refractivity contribution in [2.24, 2.45) is 5.10 Å². The molecule has 0 saturated heterocycles. The minimum absolute atomic E-state index is 0.0148. The summed E-state index contributed by atoms with van der Waals surface area (Å²) in [6.07, 6.45) is 1.49. The van der Waals surface area contributed by atoms with E-state index in [9.17, 15) is 4.79 Å². The minimum Gasteiger partial charge on any atom is -0.378 e. The molecule has 0 aliphatic heterocycles. The molecule has 0 fully saturated rings. The van der Waals surface area contributed by atoms with E-state index in [2.05, 4.69) is 35.8 Å². The molecule has 150 valence electrons. The van der Waals surface area contributed by atoms with Crippen molar-refractivity contribution in [2.75, 3.05) is 5.73 Å². The molecular weight excluding hydrogens is 408 g/mol. The van der Waals surface area contributed by atoms with Crippen molar-refractivity contribution in [1.29, 1.82) is 0 Å². The van der Waals surface area contributed by atoms with E-state index in [1.54, 1.807) is 24.3 Å². The van der Waals surface area contributed by atoms with Gasteiger partial charge in [0.15, 0.2) is 5.69 Å². The van der Waals surface area contributed by atoms with Crippen LogP contribution in [0.4, 0.5) is 5.82 Å². The Morgan fingerprint density at radius 1 is 1.17 bits per heavy atom. The normalized spacial score (nSPS) is 11.1. The molecule has 0 atom stereocenters. The highest BCUT2D eigenvalue weighted by atomic mass is 35.5. The van der Waals surface area contributed by atoms with E-state index in [0.717, 1.165) is 11.1 Å². The number of benzene rings is 2. The number of halogens is 1. The molecule has 0 bridgehead atoms. The Kier molecular flexibility index (Phi) is 5.22. The van der Waals surface area contributed by atoms with Crippen LogP contribution in [0.15, 0.2) is 58.3 Å². The first kappa shape index (κ1) is 19.3. The third kappa shape index (κ3) is 3.89. The highest BCUT2D eigenvalue weighted by molar-refractivity contribution is 6.30. The molecule has 30 heavy (non-hydrogen) atoms. The van der Waals surface area contributed by atoms with Gasteiger partial charge in [0, 0.05) is 10.6 Å². The van der Waals surface area contributed by atoms with Crippen molar-refractivity contribution in [3.63, 3.8) is 0 Å². The number of rotatable bonds is 5. The van der Waals surface area contributed by atoms with E-state index < -0.39 is 5.91 Å². The van der Waals surface area contributed by atoms with Gasteiger partial charge in [-0.25, -0.2) is 10.1 Å². The summed E-state index contributed by atoms with van der Waals surface area (Å²) in [6, 6.07) is 14.5. The number of aromatic nitrogens is 5. The molecule has 1 amide bonds. The summed E-state index contributed by atoms with van der Waals surface area (Å²) < 4.78 is 5.95. The number of carbonyl (C=O) groups excluding carboxylic acids is 1. The molecule has 0 radical (unpaired) electrons. The first-order chi connectivity index (χ1) is 14.5. The quantitative estimate of drug-likeness (QED) is 0.372. The van der Waals surface area contributed by atoms with E-state index >= 15 is 0 Å². The summed E-state index contributed by atoms with van der Waals surface area (Å²) in [7, 11) is 0. The summed E-state index contributed by atoms with van der Waals surface area (Å²) in [6.45, 7) is 1.96. The fourth-order valence-corrected chi connectivity index (χ4v) is 2.78. The van der Waals surface area contributed by atoms with Crippen molar-refractivity contribution < 1.29 is 9.42 Å². The predicted molar refractivity (Wildman–Crippen MR) is 110 cm³/mol. The van der Waals surface area contributed by atoms with Crippen LogP contribution < -0.4 is 11.2 Å². The highest BCUT2D eigenvalue weighted by Crippen LogP contribution is 2.26. The number of nitrogens with one attached hydrogen (secondary N) is 1. The van der Waals surface area contributed by atoms with Crippen LogP contribution in [-0.2, 0) is 0 Å². The van der Waals surface area contributed by atoms with Gasteiger partial charge in [-0.3, -0.25) is 4.79 Å². The SMILES string of the molecule is Cc1ccc(-c2c(C(=O)N/N=C\c3ccc(Cl)cc3)nnn2-c2nonc2N)cc1. The Bertz CT molecular complexity index is 1210. The second kappa shape index (κ2) is 8.13. The van der Waals surface area contributed by atoms with Gasteiger partial charge in [0.2, 0.25) is 11.6 Å². The first-order valence-corrected chi connectivity index (χ1v) is 9.11. The Balaban J connectivity index is 1.68. The minimum atomic E-state index is -0.558. The molecule has 0 unspecified atom stereocenters. The van der Waals surface area contributed by atoms with Crippen LogP contribution in [0.2, 0.25) is 5.02 Å². The van der Waals surface area contributed by atoms with Crippen molar-refractivity contribution in [3.8, 4) is 17.1 Å². The third-order valence-corrected chi connectivity index (χ3v) is 4.41. The van der Waals surface area contributed by atoms with Crippen LogP contribution in [0.3, 0.4) is 0 Å². The molecular formula is C19H15ClN8O2. The fraction of sp³-hybridized carbons (Fsp3) is 0.0526. The van der Waals surface area contributed by atoms with Gasteiger partial charge < -0.3 is 5.73 Å². The predicted octanol–water partition coefficient (Wildman–Crippen LogP) is 2.63. The largest absolute Gasteiger partial charge is 0.378 e. The van der Waals surface area contributed by atoms with Gasteiger partial charge in [-0.05, 0) is 34.9 Å². The molecule has 0 spiro atoms. The Labute approximate surface area is 175 Å². The molecule has 2 aromatic carbocycles. The number of nitrogen functional groups attached to an aromatic ring is 1. The highest BCUT2D eigenvalue weighted by Gasteiger charge is 2.25. The standard InChI is InChI=1S/C19H15ClN8O2/c1-11-2-6-13(7-3-11)16-15(23-27-28(16)18-17(21)25-30-26-18)19(29)24-22-10-12-4-8-14(20)9-5-12/h2-10H,1H3,(H2,21,25)(H,24,29)/b22-10-. The number of hydrogen-bond acceptors (Lipinski definition) is 8. The van der Waals surface area contributed by atoms with Crippen LogP contribution in [0.25, 0.3) is 17.1 Å². The molecule has 3 N–H and O–H groups in total. The number of amides is 1. The number of hydrazone groups is 1. The maximum Gasteiger partial charge on any atom is 0.294 e. The summed E-state index contributed by atoms with van der Waals surface area (Å²) in [4.78, 5) is 12.8. The molecule has 0 aliphatic rings. The van der Waals surface area contributed by atoms with Crippen LogP contribution in [0.5, 0.6) is 0 Å². The van der Waals surface area contributed by atoms with Crippen molar-refractivity contribution >= 4 is 29.5 Å². The van der Waals surface area contributed by atoms with Crippen molar-refractivity contribution in [1.82, 2.24) is 30.7 Å². The van der Waals surface area contributed by atoms with Gasteiger partial charge in [-0.15, -0.1) is 5.10 Å². The molecule has 4 aromatic rings. The van der Waals surface area contributed by atoms with Gasteiger partial charge in [0.05, 0.1) is 6.21 Å². The summed E-state index contributed by atoms with van der Waals surface area (Å²) in [5, 5.41) is 19.9. The smallest absolute Gasteiger partial charge is 0.294 e. The number of anilines is 1. The number of nitrogens with two attached hydrogens (primary N) is 1. The van der Waals surface area contributed by atoms with Gasteiger partial charge in [0.25, 0.3) is 5.91 Å². The van der Waals surface area contributed by atoms with E-state index in [0.29, 0.717) is 16.3 Å². The van der Waals surface area contributed by atoms with E-state index in [-0.39, 0.29) is 17.3 Å². The number of carbonyl (C=O) groups is 1. The molecule has 2 aromatic heterocycles. The lowest BCUT2D eigenvalue weighted by atomic mass is 10.1. The molecule has 10 nitrogen and oxygen atoms in total. The molecule has 0 saturated carbocycles. The fourth-order valence-electron chi connectivity index (χ4n) is 2.66. The summed E-state index contributed by atoms with van der Waals surface area (Å²) in [5.41, 5.74) is 11.2. The van der Waals surface area contributed by atoms with Crippen LogP contribution in [0, 0.1) is 6.92 Å². The summed E-state index contributed by atoms with van der Waals surface area (Å²) >= 11 is 5.86. The Morgan fingerprint density at radius 3 is 2.57 bits per heavy atom. The van der Waals surface area contributed by atoms with E-state index in [1.807, 2.05) is 31.2 Å². The molecule has 0 aliphatic carbocycles. The van der Waals surface area contributed by atoms with Gasteiger partial charge >= 0.3 is 0 Å². The van der Waals surface area contributed by atoms with Gasteiger partial charge in [0.1, 0.15) is 5.69 Å². The van der Waals surface area contributed by atoms with E-state index in [1.165, 1.54) is 10.9 Å². The third-order valence-electron chi connectivity index (χ3n) is 4.16. The van der Waals surface area contributed by atoms with Gasteiger partial charge in [-0.2, -0.15) is 9.78 Å². The number of aryl methyl sites for hydroxylation is 1. The second-order valence-electron chi connectivity index (χ2n) is 6.29. The first-order valence-electron chi connectivity index (χ1n) is 8.73. The lowest BCUT2D eigenvalue weighted by Crippen LogP contribution is -2.19. The summed E-state index contributed by atoms with van der Waals surface area (Å²) in [5.74, 6) is -0.417. The average Bonchev–Trinajstić information content (AvgIpc) is 3.36. The second-order valence-corrected chi connectivity index (χ2v) is 6.72. The maximum atomic E-state index is 12.8. The van der Waals surface area contributed by atoms with Gasteiger partial charge in [-0.1, -0.05) is 58.8 Å². The lowest BCUT2D eigenvalue weighted by molar-refractivity contribution is 0.0950. The lowest BCUT2D eigenvalue weighted by Gasteiger charge is -2.06. The van der Waals surface area contributed by atoms with Crippen LogP contribution in [0.1, 0.15) is 21.6 Å². The Hall–Kier alpha value is -4.05. The van der Waals surface area contributed by atoms with Crippen molar-refractivity contribution in [3.05, 3.63) is 70.4 Å². The zero-order chi connectivity index (χ0) is 21.1. The van der Waals surface area contributed by atoms with Crippen molar-refractivity contribution in [2.45, 2.75) is 6.92 Å². The average molecular weight is 423 g/mol. The molecule has 4 rings (SSSR count). The van der Waals surface area contributed by atoms with Crippen LogP contribution in [-0.4, -0.2) is 37.4 Å². The molecule has 11 heteroatoms.